The second kappa shape index (κ2) is 9.84. The van der Waals surface area contributed by atoms with Gasteiger partial charge in [0.1, 0.15) is 0 Å². The zero-order valence-electron chi connectivity index (χ0n) is 18.0. The third-order valence-electron chi connectivity index (χ3n) is 5.79. The van der Waals surface area contributed by atoms with Gasteiger partial charge in [0.05, 0.1) is 23.7 Å². The molecule has 3 aromatic carbocycles. The molecule has 0 radical (unpaired) electrons. The van der Waals surface area contributed by atoms with Crippen LogP contribution < -0.4 is 4.74 Å². The van der Waals surface area contributed by atoms with E-state index >= 15 is 0 Å². The quantitative estimate of drug-likeness (QED) is 0.453. The highest BCUT2D eigenvalue weighted by Crippen LogP contribution is 2.30. The molecule has 6 heteroatoms. The summed E-state index contributed by atoms with van der Waals surface area (Å²) < 4.78 is 49.9. The van der Waals surface area contributed by atoms with Gasteiger partial charge in [0.25, 0.3) is 0 Å². The molecule has 0 heterocycles. The minimum absolute atomic E-state index is 0.0269. The molecule has 0 spiro atoms. The van der Waals surface area contributed by atoms with Crippen LogP contribution in [0.2, 0.25) is 0 Å². The summed E-state index contributed by atoms with van der Waals surface area (Å²) in [5, 5.41) is 0. The van der Waals surface area contributed by atoms with Gasteiger partial charge in [-0.25, -0.2) is 12.8 Å². The Hall–Kier alpha value is -2.70. The van der Waals surface area contributed by atoms with E-state index in [2.05, 4.69) is 12.1 Å². The van der Waals surface area contributed by atoms with Crippen molar-refractivity contribution in [1.82, 2.24) is 0 Å². The highest BCUT2D eigenvalue weighted by atomic mass is 32.2. The predicted molar refractivity (Wildman–Crippen MR) is 123 cm³/mol. The Morgan fingerprint density at radius 3 is 2.09 bits per heavy atom. The molecule has 3 aromatic rings. The van der Waals surface area contributed by atoms with Crippen molar-refractivity contribution in [2.75, 3.05) is 6.26 Å². The van der Waals surface area contributed by atoms with Crippen molar-refractivity contribution in [2.45, 2.75) is 49.4 Å². The van der Waals surface area contributed by atoms with E-state index in [1.54, 1.807) is 24.3 Å². The maximum atomic E-state index is 14.7. The zero-order valence-corrected chi connectivity index (χ0v) is 18.9. The third kappa shape index (κ3) is 5.75. The number of hydrogen-bond acceptors (Lipinski definition) is 4. The van der Waals surface area contributed by atoms with Crippen molar-refractivity contribution in [2.24, 2.45) is 0 Å². The molecule has 1 aliphatic carbocycles. The van der Waals surface area contributed by atoms with Crippen LogP contribution in [0.1, 0.15) is 31.2 Å². The molecule has 0 aromatic heterocycles. The summed E-state index contributed by atoms with van der Waals surface area (Å²) in [5.41, 5.74) is 2.59. The van der Waals surface area contributed by atoms with E-state index in [9.17, 15) is 12.8 Å². The van der Waals surface area contributed by atoms with Gasteiger partial charge in [-0.3, -0.25) is 0 Å². The number of benzene rings is 3. The third-order valence-corrected chi connectivity index (χ3v) is 6.92. The van der Waals surface area contributed by atoms with E-state index in [0.29, 0.717) is 12.2 Å². The molecule has 0 saturated heterocycles. The van der Waals surface area contributed by atoms with Gasteiger partial charge in [0, 0.05) is 6.26 Å². The largest absolute Gasteiger partial charge is 0.487 e. The second-order valence-electron chi connectivity index (χ2n) is 8.25. The van der Waals surface area contributed by atoms with Crippen molar-refractivity contribution in [3.05, 3.63) is 84.2 Å². The van der Waals surface area contributed by atoms with Crippen LogP contribution in [-0.4, -0.2) is 26.9 Å². The summed E-state index contributed by atoms with van der Waals surface area (Å²) in [6.07, 6.45) is 4.78. The van der Waals surface area contributed by atoms with E-state index in [-0.39, 0.29) is 22.9 Å². The van der Waals surface area contributed by atoms with Crippen molar-refractivity contribution in [3.63, 3.8) is 0 Å². The molecule has 4 rings (SSSR count). The van der Waals surface area contributed by atoms with Gasteiger partial charge in [-0.1, -0.05) is 48.5 Å². The first-order chi connectivity index (χ1) is 15.4. The Morgan fingerprint density at radius 1 is 0.844 bits per heavy atom. The maximum Gasteiger partial charge on any atom is 0.175 e. The van der Waals surface area contributed by atoms with Crippen molar-refractivity contribution in [1.29, 1.82) is 0 Å². The lowest BCUT2D eigenvalue weighted by molar-refractivity contribution is -0.00717. The van der Waals surface area contributed by atoms with Gasteiger partial charge >= 0.3 is 0 Å². The van der Waals surface area contributed by atoms with E-state index in [4.69, 9.17) is 9.47 Å². The number of ether oxygens (including phenoxy) is 2. The Balaban J connectivity index is 1.31. The highest BCUT2D eigenvalue weighted by Gasteiger charge is 2.24. The second-order valence-corrected chi connectivity index (χ2v) is 10.3. The topological polar surface area (TPSA) is 52.6 Å². The zero-order chi connectivity index (χ0) is 22.6. The molecule has 0 aliphatic heterocycles. The molecule has 0 bridgehead atoms. The number of sulfone groups is 1. The van der Waals surface area contributed by atoms with Gasteiger partial charge in [0.15, 0.2) is 21.4 Å². The lowest BCUT2D eigenvalue weighted by Gasteiger charge is -2.29. The Kier molecular flexibility index (Phi) is 6.92. The van der Waals surface area contributed by atoms with Crippen molar-refractivity contribution >= 4 is 9.84 Å². The minimum Gasteiger partial charge on any atom is -0.487 e. The summed E-state index contributed by atoms with van der Waals surface area (Å²) in [6, 6.07) is 21.4. The van der Waals surface area contributed by atoms with Crippen LogP contribution in [0, 0.1) is 5.82 Å². The molecule has 1 saturated carbocycles. The van der Waals surface area contributed by atoms with Crippen molar-refractivity contribution < 1.29 is 22.3 Å². The van der Waals surface area contributed by atoms with Gasteiger partial charge in [0.2, 0.25) is 0 Å². The standard InChI is InChI=1S/C26H27FO4S/c1-32(28,29)24-14-7-20(8-15-24)21-9-16-26(25(27)17-21)31-23-12-10-22(11-13-23)30-18-19-5-3-2-4-6-19/h2-9,14-17,22-23H,10-13,18H2,1H3. The minimum atomic E-state index is -3.26. The summed E-state index contributed by atoms with van der Waals surface area (Å²) >= 11 is 0. The smallest absolute Gasteiger partial charge is 0.175 e. The van der Waals surface area contributed by atoms with E-state index < -0.39 is 15.7 Å². The first kappa shape index (κ1) is 22.5. The van der Waals surface area contributed by atoms with Crippen molar-refractivity contribution in [3.8, 4) is 16.9 Å². The number of halogens is 1. The monoisotopic (exact) mass is 454 g/mol. The summed E-state index contributed by atoms with van der Waals surface area (Å²) in [6.45, 7) is 0.609. The molecular formula is C26H27FO4S. The average Bonchev–Trinajstić information content (AvgIpc) is 2.80. The Morgan fingerprint density at radius 2 is 1.47 bits per heavy atom. The van der Waals surface area contributed by atoms with Crippen LogP contribution in [0.25, 0.3) is 11.1 Å². The first-order valence-electron chi connectivity index (χ1n) is 10.8. The van der Waals surface area contributed by atoms with Crippen LogP contribution in [0.5, 0.6) is 5.75 Å². The fraction of sp³-hybridized carbons (Fsp3) is 0.308. The van der Waals surface area contributed by atoms with Crippen LogP contribution in [0.4, 0.5) is 4.39 Å². The molecule has 0 amide bonds. The number of hydrogen-bond donors (Lipinski definition) is 0. The van der Waals surface area contributed by atoms with Gasteiger partial charge in [-0.05, 0) is 66.6 Å². The fourth-order valence-electron chi connectivity index (χ4n) is 3.96. The first-order valence-corrected chi connectivity index (χ1v) is 12.7. The lowest BCUT2D eigenvalue weighted by Crippen LogP contribution is -2.28. The van der Waals surface area contributed by atoms with Crippen LogP contribution in [0.3, 0.4) is 0 Å². The average molecular weight is 455 g/mol. The predicted octanol–water partition coefficient (Wildman–Crippen LogP) is 5.80. The molecule has 32 heavy (non-hydrogen) atoms. The van der Waals surface area contributed by atoms with E-state index in [1.165, 1.54) is 23.8 Å². The summed E-state index contributed by atoms with van der Waals surface area (Å²) in [7, 11) is -3.26. The molecule has 1 aliphatic rings. The molecule has 4 nitrogen and oxygen atoms in total. The molecule has 0 unspecified atom stereocenters. The van der Waals surface area contributed by atoms with E-state index in [1.807, 2.05) is 18.2 Å². The molecule has 0 N–H and O–H groups in total. The van der Waals surface area contributed by atoms with Crippen LogP contribution in [-0.2, 0) is 21.2 Å². The lowest BCUT2D eigenvalue weighted by atomic mass is 9.95. The molecular weight excluding hydrogens is 427 g/mol. The van der Waals surface area contributed by atoms with Gasteiger partial charge < -0.3 is 9.47 Å². The maximum absolute atomic E-state index is 14.7. The normalized spacial score (nSPS) is 18.9. The van der Waals surface area contributed by atoms with E-state index in [0.717, 1.165) is 37.5 Å². The van der Waals surface area contributed by atoms with Gasteiger partial charge in [-0.2, -0.15) is 0 Å². The summed E-state index contributed by atoms with van der Waals surface area (Å²) in [4.78, 5) is 0.241. The Bertz CT molecular complexity index is 1140. The molecule has 0 atom stereocenters. The summed E-state index contributed by atoms with van der Waals surface area (Å²) in [5.74, 6) is -0.174. The Labute approximate surface area is 188 Å². The SMILES string of the molecule is CS(=O)(=O)c1ccc(-c2ccc(OC3CCC(OCc4ccccc4)CC3)c(F)c2)cc1. The van der Waals surface area contributed by atoms with Crippen LogP contribution >= 0.6 is 0 Å². The molecule has 1 fully saturated rings. The fourth-order valence-corrected chi connectivity index (χ4v) is 4.59. The highest BCUT2D eigenvalue weighted by molar-refractivity contribution is 7.90. The van der Waals surface area contributed by atoms with Crippen LogP contribution in [0.15, 0.2) is 77.7 Å². The van der Waals surface area contributed by atoms with Gasteiger partial charge in [-0.15, -0.1) is 0 Å². The number of rotatable bonds is 7. The molecule has 168 valence electrons.